The number of hydrogen-bond donors (Lipinski definition) is 1. The molecular formula is C29H32N2O. The van der Waals surface area contributed by atoms with E-state index >= 15 is 0 Å². The summed E-state index contributed by atoms with van der Waals surface area (Å²) in [5.74, 6) is 0.388. The molecular weight excluding hydrogens is 392 g/mol. The van der Waals surface area contributed by atoms with E-state index < -0.39 is 0 Å². The zero-order valence-corrected chi connectivity index (χ0v) is 19.8. The maximum Gasteiger partial charge on any atom is 0.123 e. The Morgan fingerprint density at radius 2 is 1.16 bits per heavy atom. The lowest BCUT2D eigenvalue weighted by atomic mass is 9.78. The first-order valence-electron chi connectivity index (χ1n) is 11.1. The molecule has 1 heterocycles. The molecule has 0 aliphatic rings. The Balaban J connectivity index is 1.98. The first-order valence-corrected chi connectivity index (χ1v) is 11.1. The Kier molecular flexibility index (Phi) is 5.46. The molecule has 1 N–H and O–H groups in total. The standard InChI is InChI=1S/C29H32N2O/c1-28(2,3)23-17-21(18-24(27(23)32)29(4,5)6)25-19-26(20-13-9-7-10-14-20)31(30-25)22-15-11-8-12-16-22/h7-19,32H,1-6H3. The predicted molar refractivity (Wildman–Crippen MR) is 134 cm³/mol. The number of nitrogens with zero attached hydrogens (tertiary/aromatic N) is 2. The molecule has 3 aromatic carbocycles. The summed E-state index contributed by atoms with van der Waals surface area (Å²) in [4.78, 5) is 0. The van der Waals surface area contributed by atoms with Crippen molar-refractivity contribution in [2.24, 2.45) is 0 Å². The van der Waals surface area contributed by atoms with Crippen LogP contribution in [0.3, 0.4) is 0 Å². The summed E-state index contributed by atoms with van der Waals surface area (Å²) in [5, 5.41) is 16.2. The van der Waals surface area contributed by atoms with Gasteiger partial charge in [0.2, 0.25) is 0 Å². The van der Waals surface area contributed by atoms with Gasteiger partial charge in [0.25, 0.3) is 0 Å². The first-order chi connectivity index (χ1) is 15.1. The molecule has 0 aliphatic carbocycles. The van der Waals surface area contributed by atoms with Crippen molar-refractivity contribution in [2.75, 3.05) is 0 Å². The molecule has 3 heteroatoms. The third kappa shape index (κ3) is 4.20. The van der Waals surface area contributed by atoms with Gasteiger partial charge in [-0.15, -0.1) is 0 Å². The zero-order valence-electron chi connectivity index (χ0n) is 19.8. The molecule has 32 heavy (non-hydrogen) atoms. The van der Waals surface area contributed by atoms with Crippen molar-refractivity contribution in [3.05, 3.63) is 90.0 Å². The van der Waals surface area contributed by atoms with Crippen molar-refractivity contribution >= 4 is 0 Å². The van der Waals surface area contributed by atoms with Crippen molar-refractivity contribution in [3.8, 4) is 34.0 Å². The maximum atomic E-state index is 11.1. The highest BCUT2D eigenvalue weighted by molar-refractivity contribution is 5.73. The van der Waals surface area contributed by atoms with Gasteiger partial charge in [-0.2, -0.15) is 5.10 Å². The van der Waals surface area contributed by atoms with Gasteiger partial charge >= 0.3 is 0 Å². The lowest BCUT2D eigenvalue weighted by molar-refractivity contribution is 0.423. The van der Waals surface area contributed by atoms with Crippen LogP contribution in [0.2, 0.25) is 0 Å². The molecule has 0 aliphatic heterocycles. The monoisotopic (exact) mass is 424 g/mol. The molecule has 1 aromatic heterocycles. The largest absolute Gasteiger partial charge is 0.507 e. The Hall–Kier alpha value is -3.33. The van der Waals surface area contributed by atoms with E-state index in [4.69, 9.17) is 5.10 Å². The van der Waals surface area contributed by atoms with Crippen molar-refractivity contribution in [1.29, 1.82) is 0 Å². The van der Waals surface area contributed by atoms with Gasteiger partial charge in [-0.05, 0) is 41.2 Å². The normalized spacial score (nSPS) is 12.2. The van der Waals surface area contributed by atoms with Gasteiger partial charge in [0.05, 0.1) is 17.1 Å². The smallest absolute Gasteiger partial charge is 0.123 e. The summed E-state index contributed by atoms with van der Waals surface area (Å²) in [7, 11) is 0. The fraction of sp³-hybridized carbons (Fsp3) is 0.276. The SMILES string of the molecule is CC(C)(C)c1cc(-c2cc(-c3ccccc3)n(-c3ccccc3)n2)cc(C(C)(C)C)c1O. The molecule has 4 rings (SSSR count). The molecule has 4 aromatic rings. The van der Waals surface area contributed by atoms with Gasteiger partial charge in [0, 0.05) is 22.3 Å². The number of phenolic OH excluding ortho intramolecular Hbond substituents is 1. The average molecular weight is 425 g/mol. The molecule has 3 nitrogen and oxygen atoms in total. The Morgan fingerprint density at radius 3 is 1.66 bits per heavy atom. The molecule has 0 fully saturated rings. The number of hydrogen-bond acceptors (Lipinski definition) is 2. The quantitative estimate of drug-likeness (QED) is 0.369. The van der Waals surface area contributed by atoms with Crippen LogP contribution in [-0.2, 0) is 10.8 Å². The third-order valence-electron chi connectivity index (χ3n) is 5.80. The van der Waals surface area contributed by atoms with Crippen LogP contribution in [0.1, 0.15) is 52.7 Å². The van der Waals surface area contributed by atoms with Crippen molar-refractivity contribution in [3.63, 3.8) is 0 Å². The van der Waals surface area contributed by atoms with Crippen LogP contribution < -0.4 is 0 Å². The minimum Gasteiger partial charge on any atom is -0.507 e. The van der Waals surface area contributed by atoms with E-state index in [1.165, 1.54) is 0 Å². The van der Waals surface area contributed by atoms with Gasteiger partial charge in [0.1, 0.15) is 5.75 Å². The number of para-hydroxylation sites is 1. The molecule has 0 radical (unpaired) electrons. The zero-order chi connectivity index (χ0) is 23.1. The molecule has 0 atom stereocenters. The summed E-state index contributed by atoms with van der Waals surface area (Å²) in [6, 6.07) is 26.9. The lowest BCUT2D eigenvalue weighted by Gasteiger charge is -2.28. The van der Waals surface area contributed by atoms with Crippen LogP contribution in [0.25, 0.3) is 28.2 Å². The summed E-state index contributed by atoms with van der Waals surface area (Å²) >= 11 is 0. The fourth-order valence-corrected chi connectivity index (χ4v) is 4.03. The van der Waals surface area contributed by atoms with E-state index in [2.05, 4.69) is 84.0 Å². The second-order valence-electron chi connectivity index (χ2n) is 10.4. The molecule has 0 saturated heterocycles. The summed E-state index contributed by atoms with van der Waals surface area (Å²) < 4.78 is 2.01. The van der Waals surface area contributed by atoms with Gasteiger partial charge < -0.3 is 5.11 Å². The molecule has 0 spiro atoms. The number of phenols is 1. The van der Waals surface area contributed by atoms with Crippen LogP contribution in [-0.4, -0.2) is 14.9 Å². The van der Waals surface area contributed by atoms with Crippen LogP contribution in [0.4, 0.5) is 0 Å². The van der Waals surface area contributed by atoms with Crippen LogP contribution in [0, 0.1) is 0 Å². The number of aromatic hydroxyl groups is 1. The summed E-state index contributed by atoms with van der Waals surface area (Å²) in [5.41, 5.74) is 6.58. The van der Waals surface area contributed by atoms with Gasteiger partial charge in [-0.1, -0.05) is 90.1 Å². The minimum atomic E-state index is -0.190. The van der Waals surface area contributed by atoms with E-state index in [-0.39, 0.29) is 10.8 Å². The molecule has 0 bridgehead atoms. The Morgan fingerprint density at radius 1 is 0.656 bits per heavy atom. The maximum absolute atomic E-state index is 11.1. The van der Waals surface area contributed by atoms with E-state index in [9.17, 15) is 5.11 Å². The molecule has 0 saturated carbocycles. The predicted octanol–water partition coefficient (Wildman–Crippen LogP) is 7.51. The van der Waals surface area contributed by atoms with E-state index in [0.717, 1.165) is 39.3 Å². The second-order valence-corrected chi connectivity index (χ2v) is 10.4. The van der Waals surface area contributed by atoms with Crippen molar-refractivity contribution in [1.82, 2.24) is 9.78 Å². The molecule has 0 unspecified atom stereocenters. The third-order valence-corrected chi connectivity index (χ3v) is 5.80. The lowest BCUT2D eigenvalue weighted by Crippen LogP contribution is -2.17. The summed E-state index contributed by atoms with van der Waals surface area (Å²) in [6.07, 6.45) is 0. The van der Waals surface area contributed by atoms with E-state index in [1.807, 2.05) is 41.1 Å². The number of rotatable bonds is 3. The van der Waals surface area contributed by atoms with Crippen molar-refractivity contribution in [2.45, 2.75) is 52.4 Å². The van der Waals surface area contributed by atoms with E-state index in [0.29, 0.717) is 5.75 Å². The fourth-order valence-electron chi connectivity index (χ4n) is 4.03. The Bertz CT molecular complexity index is 1130. The van der Waals surface area contributed by atoms with Gasteiger partial charge in [-0.25, -0.2) is 4.68 Å². The topological polar surface area (TPSA) is 38.0 Å². The second kappa shape index (κ2) is 7.98. The van der Waals surface area contributed by atoms with Crippen LogP contribution in [0.15, 0.2) is 78.9 Å². The molecule has 164 valence electrons. The first kappa shape index (κ1) is 21.9. The van der Waals surface area contributed by atoms with Gasteiger partial charge in [-0.3, -0.25) is 0 Å². The average Bonchev–Trinajstić information content (AvgIpc) is 3.19. The highest BCUT2D eigenvalue weighted by Gasteiger charge is 2.27. The van der Waals surface area contributed by atoms with Gasteiger partial charge in [0.15, 0.2) is 0 Å². The minimum absolute atomic E-state index is 0.190. The van der Waals surface area contributed by atoms with E-state index in [1.54, 1.807) is 0 Å². The highest BCUT2D eigenvalue weighted by Crippen LogP contribution is 2.42. The van der Waals surface area contributed by atoms with Crippen LogP contribution in [0.5, 0.6) is 5.75 Å². The van der Waals surface area contributed by atoms with Crippen LogP contribution >= 0.6 is 0 Å². The number of aromatic nitrogens is 2. The molecule has 0 amide bonds. The van der Waals surface area contributed by atoms with Crippen molar-refractivity contribution < 1.29 is 5.11 Å². The number of benzene rings is 3. The highest BCUT2D eigenvalue weighted by atomic mass is 16.3. The Labute approximate surface area is 191 Å². The summed E-state index contributed by atoms with van der Waals surface area (Å²) in [6.45, 7) is 12.8.